The molecule has 0 spiro atoms. The number of hydrogen-bond donors (Lipinski definition) is 2. The number of carbonyl (C=O) groups excluding carboxylic acids is 2. The number of ether oxygens (including phenoxy) is 2. The van der Waals surface area contributed by atoms with Crippen LogP contribution in [0.4, 0.5) is 10.5 Å². The van der Waals surface area contributed by atoms with Crippen molar-refractivity contribution < 1.29 is 24.2 Å². The van der Waals surface area contributed by atoms with Crippen LogP contribution in [0.15, 0.2) is 53.5 Å². The van der Waals surface area contributed by atoms with Crippen LogP contribution in [0.3, 0.4) is 0 Å². The fourth-order valence-electron chi connectivity index (χ4n) is 3.67. The van der Waals surface area contributed by atoms with Gasteiger partial charge < -0.3 is 19.9 Å². The summed E-state index contributed by atoms with van der Waals surface area (Å²) in [4.78, 5) is 39.7. The maximum absolute atomic E-state index is 12.9. The number of amides is 2. The number of rotatable bonds is 8. The van der Waals surface area contributed by atoms with Crippen molar-refractivity contribution in [1.29, 1.82) is 0 Å². The standard InChI is InChI=1S/C25H26ClN3O6S/c1-15-11-16(6-7-18(15)28-10-4-5-19(23(28)31)34-14-25(2,3)33)29-13-17(35-24(29)32)12-27-22(30)20-8-9-21(26)36-20/h4-11,17,33H,12-14H2,1-3H3,(H,27,30)/t17-/m0/s1. The Labute approximate surface area is 216 Å². The van der Waals surface area contributed by atoms with Crippen LogP contribution in [0.2, 0.25) is 4.34 Å². The Hall–Kier alpha value is -3.34. The zero-order valence-corrected chi connectivity index (χ0v) is 21.6. The van der Waals surface area contributed by atoms with E-state index in [0.29, 0.717) is 20.6 Å². The molecule has 2 amide bonds. The highest BCUT2D eigenvalue weighted by atomic mass is 35.5. The van der Waals surface area contributed by atoms with Crippen LogP contribution in [-0.4, -0.2) is 53.1 Å². The van der Waals surface area contributed by atoms with Crippen molar-refractivity contribution in [2.45, 2.75) is 32.5 Å². The number of carbonyl (C=O) groups is 2. The van der Waals surface area contributed by atoms with Crippen molar-refractivity contribution in [3.63, 3.8) is 0 Å². The lowest BCUT2D eigenvalue weighted by atomic mass is 10.1. The van der Waals surface area contributed by atoms with Gasteiger partial charge in [0.1, 0.15) is 12.7 Å². The summed E-state index contributed by atoms with van der Waals surface area (Å²) in [5.41, 5.74) is 0.563. The molecular weight excluding hydrogens is 506 g/mol. The molecule has 9 nitrogen and oxygen atoms in total. The molecule has 190 valence electrons. The van der Waals surface area contributed by atoms with Crippen molar-refractivity contribution in [2.75, 3.05) is 24.6 Å². The minimum atomic E-state index is -1.08. The quantitative estimate of drug-likeness (QED) is 0.458. The second-order valence-electron chi connectivity index (χ2n) is 9.05. The normalized spacial score (nSPS) is 15.6. The molecule has 4 rings (SSSR count). The summed E-state index contributed by atoms with van der Waals surface area (Å²) in [6, 6.07) is 11.8. The van der Waals surface area contributed by atoms with E-state index in [4.69, 9.17) is 21.1 Å². The van der Waals surface area contributed by atoms with Gasteiger partial charge in [0, 0.05) is 11.9 Å². The molecule has 1 aliphatic rings. The van der Waals surface area contributed by atoms with Gasteiger partial charge in [0.05, 0.1) is 33.6 Å². The third-order valence-electron chi connectivity index (χ3n) is 5.41. The maximum Gasteiger partial charge on any atom is 0.414 e. The number of cyclic esters (lactones) is 1. The average Bonchev–Trinajstić information content (AvgIpc) is 3.42. The SMILES string of the molecule is Cc1cc(N2C[C@H](CNC(=O)c3ccc(Cl)s3)OC2=O)ccc1-n1cccc(OCC(C)(C)O)c1=O. The van der Waals surface area contributed by atoms with E-state index in [0.717, 1.165) is 5.56 Å². The Morgan fingerprint density at radius 2 is 2.06 bits per heavy atom. The van der Waals surface area contributed by atoms with E-state index in [1.165, 1.54) is 20.8 Å². The Morgan fingerprint density at radius 3 is 2.72 bits per heavy atom. The lowest BCUT2D eigenvalue weighted by Crippen LogP contribution is -2.34. The molecule has 1 aliphatic heterocycles. The molecule has 3 heterocycles. The Kier molecular flexibility index (Phi) is 7.39. The number of benzene rings is 1. The number of nitrogens with zero attached hydrogens (tertiary/aromatic N) is 2. The lowest BCUT2D eigenvalue weighted by Gasteiger charge is -2.19. The summed E-state index contributed by atoms with van der Waals surface area (Å²) in [5, 5.41) is 12.7. The van der Waals surface area contributed by atoms with Gasteiger partial charge in [0.2, 0.25) is 0 Å². The number of pyridine rings is 1. The van der Waals surface area contributed by atoms with E-state index >= 15 is 0 Å². The molecule has 0 saturated carbocycles. The lowest BCUT2D eigenvalue weighted by molar-refractivity contribution is 0.0279. The van der Waals surface area contributed by atoms with Gasteiger partial charge in [-0.15, -0.1) is 11.3 Å². The molecular formula is C25H26ClN3O6S. The number of anilines is 1. The van der Waals surface area contributed by atoms with Gasteiger partial charge in [-0.05, 0) is 68.8 Å². The monoisotopic (exact) mass is 531 g/mol. The number of aromatic nitrogens is 1. The maximum atomic E-state index is 12.9. The zero-order valence-electron chi connectivity index (χ0n) is 20.0. The molecule has 1 atom stereocenters. The molecule has 2 aromatic heterocycles. The highest BCUT2D eigenvalue weighted by molar-refractivity contribution is 7.18. The average molecular weight is 532 g/mol. The molecule has 0 radical (unpaired) electrons. The van der Waals surface area contributed by atoms with Crippen LogP contribution < -0.4 is 20.5 Å². The molecule has 0 bridgehead atoms. The molecule has 11 heteroatoms. The Morgan fingerprint density at radius 1 is 1.28 bits per heavy atom. The second kappa shape index (κ2) is 10.3. The van der Waals surface area contributed by atoms with E-state index < -0.39 is 17.8 Å². The Balaban J connectivity index is 1.45. The van der Waals surface area contributed by atoms with Gasteiger partial charge in [-0.3, -0.25) is 19.1 Å². The van der Waals surface area contributed by atoms with Gasteiger partial charge in [0.15, 0.2) is 5.75 Å². The first kappa shape index (κ1) is 25.7. The van der Waals surface area contributed by atoms with Crippen molar-refractivity contribution >= 4 is 40.6 Å². The molecule has 3 aromatic rings. The van der Waals surface area contributed by atoms with Crippen LogP contribution >= 0.6 is 22.9 Å². The van der Waals surface area contributed by atoms with E-state index in [-0.39, 0.29) is 36.9 Å². The first-order valence-electron chi connectivity index (χ1n) is 11.2. The smallest absolute Gasteiger partial charge is 0.414 e. The minimum Gasteiger partial charge on any atom is -0.485 e. The van der Waals surface area contributed by atoms with Crippen molar-refractivity contribution in [3.8, 4) is 11.4 Å². The summed E-state index contributed by atoms with van der Waals surface area (Å²) in [5.74, 6) is -0.151. The number of thiophene rings is 1. The van der Waals surface area contributed by atoms with Crippen molar-refractivity contribution in [2.24, 2.45) is 0 Å². The molecule has 36 heavy (non-hydrogen) atoms. The molecule has 0 unspecified atom stereocenters. The van der Waals surface area contributed by atoms with Gasteiger partial charge in [-0.1, -0.05) is 11.6 Å². The third kappa shape index (κ3) is 5.89. The van der Waals surface area contributed by atoms with Crippen molar-refractivity contribution in [3.05, 3.63) is 73.8 Å². The molecule has 2 N–H and O–H groups in total. The van der Waals surface area contributed by atoms with Gasteiger partial charge in [0.25, 0.3) is 11.5 Å². The largest absolute Gasteiger partial charge is 0.485 e. The third-order valence-corrected chi connectivity index (χ3v) is 6.64. The number of hydrogen-bond acceptors (Lipinski definition) is 7. The highest BCUT2D eigenvalue weighted by Gasteiger charge is 2.33. The number of nitrogens with one attached hydrogen (secondary N) is 1. The first-order valence-corrected chi connectivity index (χ1v) is 12.4. The summed E-state index contributed by atoms with van der Waals surface area (Å²) in [6.07, 6.45) is 0.606. The molecule has 1 aromatic carbocycles. The fourth-order valence-corrected chi connectivity index (χ4v) is 4.63. The zero-order chi connectivity index (χ0) is 26.0. The minimum absolute atomic E-state index is 0.0239. The second-order valence-corrected chi connectivity index (χ2v) is 10.8. The molecule has 0 aliphatic carbocycles. The van der Waals surface area contributed by atoms with E-state index in [1.807, 2.05) is 6.92 Å². The summed E-state index contributed by atoms with van der Waals surface area (Å²) in [7, 11) is 0. The van der Waals surface area contributed by atoms with Crippen LogP contribution in [-0.2, 0) is 4.74 Å². The van der Waals surface area contributed by atoms with Crippen LogP contribution in [0, 0.1) is 6.92 Å². The predicted molar refractivity (Wildman–Crippen MR) is 138 cm³/mol. The van der Waals surface area contributed by atoms with Gasteiger partial charge in [-0.2, -0.15) is 0 Å². The predicted octanol–water partition coefficient (Wildman–Crippen LogP) is 3.77. The van der Waals surface area contributed by atoms with Gasteiger partial charge in [-0.25, -0.2) is 4.79 Å². The van der Waals surface area contributed by atoms with E-state index in [9.17, 15) is 19.5 Å². The molecule has 1 saturated heterocycles. The van der Waals surface area contributed by atoms with Crippen molar-refractivity contribution in [1.82, 2.24) is 9.88 Å². The number of halogens is 1. The van der Waals surface area contributed by atoms with Crippen LogP contribution in [0.1, 0.15) is 29.1 Å². The van der Waals surface area contributed by atoms with Crippen LogP contribution in [0.5, 0.6) is 5.75 Å². The van der Waals surface area contributed by atoms with E-state index in [2.05, 4.69) is 5.32 Å². The number of aliphatic hydroxyl groups is 1. The van der Waals surface area contributed by atoms with Gasteiger partial charge >= 0.3 is 6.09 Å². The number of aryl methyl sites for hydroxylation is 1. The topological polar surface area (TPSA) is 110 Å². The molecule has 1 fully saturated rings. The summed E-state index contributed by atoms with van der Waals surface area (Å²) in [6.45, 7) is 5.44. The summed E-state index contributed by atoms with van der Waals surface area (Å²) >= 11 is 7.05. The first-order chi connectivity index (χ1) is 17.0. The van der Waals surface area contributed by atoms with E-state index in [1.54, 1.807) is 62.5 Å². The van der Waals surface area contributed by atoms with Crippen LogP contribution in [0.25, 0.3) is 5.69 Å². The fraction of sp³-hybridized carbons (Fsp3) is 0.320. The summed E-state index contributed by atoms with van der Waals surface area (Å²) < 4.78 is 12.9. The Bertz CT molecular complexity index is 1350. The highest BCUT2D eigenvalue weighted by Crippen LogP contribution is 2.26.